The van der Waals surface area contributed by atoms with Gasteiger partial charge in [-0.15, -0.1) is 11.3 Å². The number of benzene rings is 1. The summed E-state index contributed by atoms with van der Waals surface area (Å²) in [6.07, 6.45) is 4.07. The molecule has 0 spiro atoms. The highest BCUT2D eigenvalue weighted by atomic mass is 32.1. The van der Waals surface area contributed by atoms with Crippen LogP contribution in [0.25, 0.3) is 10.1 Å². The van der Waals surface area contributed by atoms with Crippen molar-refractivity contribution in [2.75, 3.05) is 5.73 Å². The van der Waals surface area contributed by atoms with Gasteiger partial charge in [0.25, 0.3) is 0 Å². The highest BCUT2D eigenvalue weighted by Crippen LogP contribution is 2.30. The predicted molar refractivity (Wildman–Crippen MR) is 70.7 cm³/mol. The molecule has 0 unspecified atom stereocenters. The van der Waals surface area contributed by atoms with Gasteiger partial charge in [-0.3, -0.25) is 0 Å². The van der Waals surface area contributed by atoms with Crippen LogP contribution in [0.1, 0.15) is 24.1 Å². The molecule has 0 aliphatic heterocycles. The number of fused-ring (bicyclic) bond motifs is 1. The van der Waals surface area contributed by atoms with Gasteiger partial charge < -0.3 is 11.1 Å². The minimum absolute atomic E-state index is 0.752. The van der Waals surface area contributed by atoms with Gasteiger partial charge in [0.2, 0.25) is 0 Å². The standard InChI is InChI=1S/C13H16N2S/c14-12-6-1-3-9-7-11(16-13(9)12)8-15-10-4-2-5-10/h1,3,6-7,10,15H,2,4-5,8,14H2. The summed E-state index contributed by atoms with van der Waals surface area (Å²) in [5.41, 5.74) is 6.85. The summed E-state index contributed by atoms with van der Waals surface area (Å²) < 4.78 is 1.23. The fraction of sp³-hybridized carbons (Fsp3) is 0.385. The molecule has 3 rings (SSSR count). The first-order valence-corrected chi connectivity index (χ1v) is 6.65. The minimum atomic E-state index is 0.752. The smallest absolute Gasteiger partial charge is 0.0575 e. The highest BCUT2D eigenvalue weighted by molar-refractivity contribution is 7.19. The lowest BCUT2D eigenvalue weighted by Gasteiger charge is -2.26. The molecule has 1 saturated carbocycles. The molecule has 1 aromatic heterocycles. The molecule has 0 bridgehead atoms. The summed E-state index contributed by atoms with van der Waals surface area (Å²) in [5.74, 6) is 0. The van der Waals surface area contributed by atoms with E-state index >= 15 is 0 Å². The second-order valence-corrected chi connectivity index (χ2v) is 5.62. The SMILES string of the molecule is Nc1cccc2cc(CNC3CCC3)sc12. The van der Waals surface area contributed by atoms with E-state index in [-0.39, 0.29) is 0 Å². The molecule has 0 saturated heterocycles. The maximum Gasteiger partial charge on any atom is 0.0575 e. The number of anilines is 1. The molecule has 16 heavy (non-hydrogen) atoms. The van der Waals surface area contributed by atoms with Crippen LogP contribution in [-0.4, -0.2) is 6.04 Å². The third kappa shape index (κ3) is 1.81. The number of nitrogen functional groups attached to an aromatic ring is 1. The first kappa shape index (κ1) is 10.1. The Morgan fingerprint density at radius 3 is 2.94 bits per heavy atom. The average Bonchev–Trinajstić information content (AvgIpc) is 2.60. The molecule has 2 nitrogen and oxygen atoms in total. The maximum absolute atomic E-state index is 5.95. The van der Waals surface area contributed by atoms with Gasteiger partial charge in [-0.25, -0.2) is 0 Å². The second kappa shape index (κ2) is 4.07. The molecule has 1 aliphatic rings. The van der Waals surface area contributed by atoms with Crippen molar-refractivity contribution in [2.45, 2.75) is 31.8 Å². The van der Waals surface area contributed by atoms with Crippen molar-refractivity contribution in [3.63, 3.8) is 0 Å². The van der Waals surface area contributed by atoms with Crippen LogP contribution >= 0.6 is 11.3 Å². The normalized spacial score (nSPS) is 16.5. The molecule has 3 heteroatoms. The first-order chi connectivity index (χ1) is 7.83. The molecule has 84 valence electrons. The number of rotatable bonds is 3. The lowest BCUT2D eigenvalue weighted by molar-refractivity contribution is 0.339. The Morgan fingerprint density at radius 1 is 1.38 bits per heavy atom. The van der Waals surface area contributed by atoms with Crippen LogP contribution in [0, 0.1) is 0 Å². The van der Waals surface area contributed by atoms with Gasteiger partial charge >= 0.3 is 0 Å². The highest BCUT2D eigenvalue weighted by Gasteiger charge is 2.16. The van der Waals surface area contributed by atoms with Crippen molar-refractivity contribution in [3.8, 4) is 0 Å². The summed E-state index contributed by atoms with van der Waals surface area (Å²) in [7, 11) is 0. The van der Waals surface area contributed by atoms with Crippen LogP contribution in [-0.2, 0) is 6.54 Å². The molecular formula is C13H16N2S. The summed E-state index contributed by atoms with van der Waals surface area (Å²) in [4.78, 5) is 1.39. The van der Waals surface area contributed by atoms with E-state index in [4.69, 9.17) is 5.73 Å². The zero-order valence-electron chi connectivity index (χ0n) is 9.20. The Bertz CT molecular complexity index is 500. The molecule has 2 aromatic rings. The topological polar surface area (TPSA) is 38.0 Å². The second-order valence-electron chi connectivity index (χ2n) is 4.49. The van der Waals surface area contributed by atoms with Crippen LogP contribution in [0.2, 0.25) is 0 Å². The van der Waals surface area contributed by atoms with Gasteiger partial charge in [-0.1, -0.05) is 18.6 Å². The zero-order valence-corrected chi connectivity index (χ0v) is 10.0. The number of thiophene rings is 1. The van der Waals surface area contributed by atoms with E-state index in [0.717, 1.165) is 18.3 Å². The third-order valence-corrected chi connectivity index (χ3v) is 4.50. The van der Waals surface area contributed by atoms with Gasteiger partial charge in [0.05, 0.1) is 4.70 Å². The zero-order chi connectivity index (χ0) is 11.0. The van der Waals surface area contributed by atoms with Crippen molar-refractivity contribution in [3.05, 3.63) is 29.1 Å². The van der Waals surface area contributed by atoms with E-state index in [1.165, 1.54) is 34.2 Å². The van der Waals surface area contributed by atoms with Crippen LogP contribution < -0.4 is 11.1 Å². The van der Waals surface area contributed by atoms with Crippen molar-refractivity contribution >= 4 is 27.1 Å². The number of nitrogens with one attached hydrogen (secondary N) is 1. The fourth-order valence-electron chi connectivity index (χ4n) is 2.08. The molecule has 1 aromatic carbocycles. The first-order valence-electron chi connectivity index (χ1n) is 5.83. The molecular weight excluding hydrogens is 216 g/mol. The Hall–Kier alpha value is -1.06. The summed E-state index contributed by atoms with van der Waals surface area (Å²) in [5, 5.41) is 4.86. The van der Waals surface area contributed by atoms with E-state index in [1.807, 2.05) is 23.5 Å². The van der Waals surface area contributed by atoms with E-state index in [2.05, 4.69) is 17.4 Å². The number of hydrogen-bond acceptors (Lipinski definition) is 3. The van der Waals surface area contributed by atoms with Crippen LogP contribution in [0.15, 0.2) is 24.3 Å². The maximum atomic E-state index is 5.95. The monoisotopic (exact) mass is 232 g/mol. The van der Waals surface area contributed by atoms with E-state index < -0.39 is 0 Å². The third-order valence-electron chi connectivity index (χ3n) is 3.30. The Labute approximate surface area is 99.5 Å². The van der Waals surface area contributed by atoms with Gasteiger partial charge in [-0.05, 0) is 30.4 Å². The Morgan fingerprint density at radius 2 is 2.25 bits per heavy atom. The minimum Gasteiger partial charge on any atom is -0.398 e. The molecule has 0 amide bonds. The molecule has 0 radical (unpaired) electrons. The Balaban J connectivity index is 1.79. The van der Waals surface area contributed by atoms with E-state index in [0.29, 0.717) is 0 Å². The van der Waals surface area contributed by atoms with Crippen LogP contribution in [0.5, 0.6) is 0 Å². The van der Waals surface area contributed by atoms with E-state index in [1.54, 1.807) is 0 Å². The lowest BCUT2D eigenvalue weighted by Crippen LogP contribution is -2.34. The summed E-state index contributed by atoms with van der Waals surface area (Å²) in [6.45, 7) is 0.990. The van der Waals surface area contributed by atoms with E-state index in [9.17, 15) is 0 Å². The molecule has 1 aliphatic carbocycles. The largest absolute Gasteiger partial charge is 0.398 e. The summed E-state index contributed by atoms with van der Waals surface area (Å²) >= 11 is 1.81. The predicted octanol–water partition coefficient (Wildman–Crippen LogP) is 3.13. The number of nitrogens with two attached hydrogens (primary N) is 1. The molecule has 0 atom stereocenters. The van der Waals surface area contributed by atoms with Gasteiger partial charge in [0.15, 0.2) is 0 Å². The molecule has 1 fully saturated rings. The van der Waals surface area contributed by atoms with Crippen LogP contribution in [0.3, 0.4) is 0 Å². The van der Waals surface area contributed by atoms with Gasteiger partial charge in [0.1, 0.15) is 0 Å². The van der Waals surface area contributed by atoms with Crippen molar-refractivity contribution in [2.24, 2.45) is 0 Å². The Kier molecular flexibility index (Phi) is 2.58. The van der Waals surface area contributed by atoms with Gasteiger partial charge in [-0.2, -0.15) is 0 Å². The fourth-order valence-corrected chi connectivity index (χ4v) is 3.12. The molecule has 3 N–H and O–H groups in total. The lowest BCUT2D eigenvalue weighted by atomic mass is 9.93. The van der Waals surface area contributed by atoms with Crippen molar-refractivity contribution < 1.29 is 0 Å². The molecule has 1 heterocycles. The average molecular weight is 232 g/mol. The van der Waals surface area contributed by atoms with Crippen LogP contribution in [0.4, 0.5) is 5.69 Å². The van der Waals surface area contributed by atoms with Gasteiger partial charge in [0, 0.05) is 23.2 Å². The van der Waals surface area contributed by atoms with Crippen molar-refractivity contribution in [1.29, 1.82) is 0 Å². The number of hydrogen-bond donors (Lipinski definition) is 2. The summed E-state index contributed by atoms with van der Waals surface area (Å²) in [6, 6.07) is 9.13. The quantitative estimate of drug-likeness (QED) is 0.798. The van der Waals surface area contributed by atoms with Crippen molar-refractivity contribution in [1.82, 2.24) is 5.32 Å².